The molecule has 1 aromatic rings. The molecular formula is C10H8F3O3. The van der Waals surface area contributed by atoms with Gasteiger partial charge in [0.25, 0.3) is 0 Å². The van der Waals surface area contributed by atoms with Gasteiger partial charge >= 0.3 is 12.8 Å². The summed E-state index contributed by atoms with van der Waals surface area (Å²) in [4.78, 5) is 9.75. The summed E-state index contributed by atoms with van der Waals surface area (Å²) < 4.78 is 44.1. The third-order valence-electron chi connectivity index (χ3n) is 1.73. The molecule has 16 heavy (non-hydrogen) atoms. The smallest absolute Gasteiger partial charge is 0.457 e. The van der Waals surface area contributed by atoms with Gasteiger partial charge in [0.2, 0.25) is 0 Å². The second kappa shape index (κ2) is 5.39. The van der Waals surface area contributed by atoms with E-state index in [-0.39, 0.29) is 18.8 Å². The van der Waals surface area contributed by atoms with Crippen LogP contribution in [0.25, 0.3) is 0 Å². The fourth-order valence-electron chi connectivity index (χ4n) is 1.14. The Kier molecular flexibility index (Phi) is 4.16. The van der Waals surface area contributed by atoms with Crippen LogP contribution < -0.4 is 4.74 Å². The topological polar surface area (TPSA) is 35.5 Å². The van der Waals surface area contributed by atoms with Gasteiger partial charge in [-0.2, -0.15) is 0 Å². The second-order valence-electron chi connectivity index (χ2n) is 2.84. The predicted octanol–water partition coefficient (Wildman–Crippen LogP) is 2.21. The maximum atomic E-state index is 12.0. The molecule has 0 aliphatic heterocycles. The molecule has 0 aliphatic rings. The largest absolute Gasteiger partial charge is 0.573 e. The molecule has 0 amide bonds. The Morgan fingerprint density at radius 3 is 2.56 bits per heavy atom. The maximum Gasteiger partial charge on any atom is 0.573 e. The summed E-state index contributed by atoms with van der Waals surface area (Å²) in [6, 6.07) is 5.67. The number of rotatable bonds is 5. The van der Waals surface area contributed by atoms with E-state index in [9.17, 15) is 18.0 Å². The zero-order chi connectivity index (χ0) is 12.0. The van der Waals surface area contributed by atoms with Gasteiger partial charge in [-0.25, -0.2) is 4.79 Å². The van der Waals surface area contributed by atoms with E-state index in [2.05, 4.69) is 9.47 Å². The van der Waals surface area contributed by atoms with Crippen molar-refractivity contribution >= 4 is 6.47 Å². The summed E-state index contributed by atoms with van der Waals surface area (Å²) in [5.74, 6) is -0.288. The van der Waals surface area contributed by atoms with Crippen LogP contribution in [-0.2, 0) is 16.0 Å². The third kappa shape index (κ3) is 4.20. The van der Waals surface area contributed by atoms with Crippen LogP contribution in [0.1, 0.15) is 5.56 Å². The van der Waals surface area contributed by atoms with Gasteiger partial charge in [-0.1, -0.05) is 18.2 Å². The van der Waals surface area contributed by atoms with Crippen LogP contribution in [0.5, 0.6) is 5.75 Å². The first-order valence-electron chi connectivity index (χ1n) is 4.35. The fraction of sp³-hybridized carbons (Fsp3) is 0.300. The highest BCUT2D eigenvalue weighted by Crippen LogP contribution is 2.26. The summed E-state index contributed by atoms with van der Waals surface area (Å²) in [7, 11) is 0. The number of benzene rings is 1. The zero-order valence-corrected chi connectivity index (χ0v) is 8.08. The number of para-hydroxylation sites is 1. The number of halogens is 3. The quantitative estimate of drug-likeness (QED) is 0.731. The van der Waals surface area contributed by atoms with Gasteiger partial charge in [-0.15, -0.1) is 13.2 Å². The van der Waals surface area contributed by atoms with Crippen molar-refractivity contribution in [2.75, 3.05) is 6.61 Å². The van der Waals surface area contributed by atoms with Gasteiger partial charge < -0.3 is 9.47 Å². The molecule has 0 atom stereocenters. The molecule has 0 saturated heterocycles. The maximum absolute atomic E-state index is 12.0. The van der Waals surface area contributed by atoms with E-state index in [0.717, 1.165) is 0 Å². The minimum absolute atomic E-state index is 0.0399. The molecule has 1 radical (unpaired) electrons. The lowest BCUT2D eigenvalue weighted by atomic mass is 10.1. The van der Waals surface area contributed by atoms with E-state index in [4.69, 9.17) is 0 Å². The monoisotopic (exact) mass is 233 g/mol. The number of ether oxygens (including phenoxy) is 2. The summed E-state index contributed by atoms with van der Waals surface area (Å²) >= 11 is 0. The second-order valence-corrected chi connectivity index (χ2v) is 2.84. The van der Waals surface area contributed by atoms with Crippen molar-refractivity contribution in [3.63, 3.8) is 0 Å². The molecule has 3 nitrogen and oxygen atoms in total. The number of hydrogen-bond acceptors (Lipinski definition) is 3. The Hall–Kier alpha value is -1.72. The number of alkyl halides is 3. The normalized spacial score (nSPS) is 10.9. The van der Waals surface area contributed by atoms with E-state index in [1.807, 2.05) is 0 Å². The molecule has 87 valence electrons. The van der Waals surface area contributed by atoms with E-state index < -0.39 is 6.36 Å². The predicted molar refractivity (Wildman–Crippen MR) is 48.5 cm³/mol. The van der Waals surface area contributed by atoms with Crippen LogP contribution >= 0.6 is 0 Å². The van der Waals surface area contributed by atoms with Gasteiger partial charge in [0.15, 0.2) is 0 Å². The van der Waals surface area contributed by atoms with Gasteiger partial charge in [0.05, 0.1) is 6.61 Å². The highest BCUT2D eigenvalue weighted by Gasteiger charge is 2.31. The van der Waals surface area contributed by atoms with Crippen LogP contribution in [0.2, 0.25) is 0 Å². The number of hydrogen-bond donors (Lipinski definition) is 0. The molecule has 6 heteroatoms. The minimum Gasteiger partial charge on any atom is -0.457 e. The van der Waals surface area contributed by atoms with Crippen LogP contribution in [0.4, 0.5) is 13.2 Å². The molecule has 0 heterocycles. The van der Waals surface area contributed by atoms with Crippen LogP contribution in [0.3, 0.4) is 0 Å². The molecular weight excluding hydrogens is 225 g/mol. The molecule has 1 rings (SSSR count). The highest BCUT2D eigenvalue weighted by atomic mass is 19.4. The van der Waals surface area contributed by atoms with Crippen molar-refractivity contribution in [1.82, 2.24) is 0 Å². The lowest BCUT2D eigenvalue weighted by Crippen LogP contribution is -2.18. The molecule has 0 bridgehead atoms. The average molecular weight is 233 g/mol. The molecule has 1 aromatic carbocycles. The SMILES string of the molecule is O=[C]OCCc1ccccc1OC(F)(F)F. The van der Waals surface area contributed by atoms with Crippen LogP contribution in [-0.4, -0.2) is 19.4 Å². The molecule has 0 aliphatic carbocycles. The first-order chi connectivity index (χ1) is 7.53. The summed E-state index contributed by atoms with van der Waals surface area (Å²) in [5.41, 5.74) is 0.315. The first kappa shape index (κ1) is 12.4. The molecule has 0 aromatic heterocycles. The van der Waals surface area contributed by atoms with Crippen LogP contribution in [0, 0.1) is 0 Å². The Bertz CT molecular complexity index is 349. The summed E-state index contributed by atoms with van der Waals surface area (Å²) in [6.07, 6.45) is -4.59. The molecule has 0 N–H and O–H groups in total. The zero-order valence-electron chi connectivity index (χ0n) is 8.08. The van der Waals surface area contributed by atoms with Gasteiger partial charge in [0.1, 0.15) is 5.75 Å². The van der Waals surface area contributed by atoms with Crippen molar-refractivity contribution in [1.29, 1.82) is 0 Å². The Morgan fingerprint density at radius 2 is 1.94 bits per heavy atom. The van der Waals surface area contributed by atoms with E-state index >= 15 is 0 Å². The lowest BCUT2D eigenvalue weighted by Gasteiger charge is -2.12. The fourth-order valence-corrected chi connectivity index (χ4v) is 1.14. The minimum atomic E-state index is -4.73. The standard InChI is InChI=1S/C10H8F3O3/c11-10(12,13)16-9-4-2-1-3-8(9)5-6-15-7-14/h1-4H,5-6H2. The van der Waals surface area contributed by atoms with Crippen molar-refractivity contribution in [3.8, 4) is 5.75 Å². The van der Waals surface area contributed by atoms with Crippen LogP contribution in [0.15, 0.2) is 24.3 Å². The van der Waals surface area contributed by atoms with Crippen molar-refractivity contribution in [2.45, 2.75) is 12.8 Å². The lowest BCUT2D eigenvalue weighted by molar-refractivity contribution is -0.274. The van der Waals surface area contributed by atoms with Gasteiger partial charge in [-0.3, -0.25) is 0 Å². The van der Waals surface area contributed by atoms with E-state index in [1.54, 1.807) is 6.07 Å². The van der Waals surface area contributed by atoms with Crippen molar-refractivity contribution in [3.05, 3.63) is 29.8 Å². The molecule has 0 unspecified atom stereocenters. The number of carbonyl (C=O) groups excluding carboxylic acids is 1. The Balaban J connectivity index is 2.71. The molecule has 0 saturated carbocycles. The molecule has 0 spiro atoms. The highest BCUT2D eigenvalue weighted by molar-refractivity contribution is 5.38. The van der Waals surface area contributed by atoms with E-state index in [0.29, 0.717) is 5.56 Å². The summed E-state index contributed by atoms with van der Waals surface area (Å²) in [5, 5.41) is 0. The van der Waals surface area contributed by atoms with E-state index in [1.165, 1.54) is 24.7 Å². The average Bonchev–Trinajstić information content (AvgIpc) is 2.19. The third-order valence-corrected chi connectivity index (χ3v) is 1.73. The van der Waals surface area contributed by atoms with Crippen molar-refractivity contribution in [2.24, 2.45) is 0 Å². The summed E-state index contributed by atoms with van der Waals surface area (Å²) in [6.45, 7) is 1.15. The van der Waals surface area contributed by atoms with Gasteiger partial charge in [-0.05, 0) is 11.6 Å². The molecule has 0 fully saturated rings. The first-order valence-corrected chi connectivity index (χ1v) is 4.35. The Labute approximate surface area is 89.8 Å². The Morgan fingerprint density at radius 1 is 1.25 bits per heavy atom. The van der Waals surface area contributed by atoms with Crippen molar-refractivity contribution < 1.29 is 27.4 Å². The van der Waals surface area contributed by atoms with Gasteiger partial charge in [0, 0.05) is 6.42 Å².